The fourth-order valence-electron chi connectivity index (χ4n) is 2.76. The highest BCUT2D eigenvalue weighted by Crippen LogP contribution is 2.26. The molecule has 0 aromatic heterocycles. The lowest BCUT2D eigenvalue weighted by Gasteiger charge is -2.24. The second-order valence-electron chi connectivity index (χ2n) is 5.51. The molecule has 2 rings (SSSR count). The first-order valence-electron chi connectivity index (χ1n) is 7.81. The maximum absolute atomic E-state index is 12.6. The van der Waals surface area contributed by atoms with Crippen LogP contribution >= 0.6 is 0 Å². The molecule has 0 bridgehead atoms. The Morgan fingerprint density at radius 2 is 2.00 bits per heavy atom. The van der Waals surface area contributed by atoms with Gasteiger partial charge in [0.05, 0.1) is 5.92 Å². The highest BCUT2D eigenvalue weighted by Gasteiger charge is 2.36. The molecule has 0 spiro atoms. The number of hydrogen-bond donors (Lipinski definition) is 0. The van der Waals surface area contributed by atoms with Crippen LogP contribution in [0.4, 0.5) is 5.69 Å². The average molecular weight is 288 g/mol. The molecule has 1 heterocycles. The maximum Gasteiger partial charge on any atom is 0.228 e. The quantitative estimate of drug-likeness (QED) is 0.807. The van der Waals surface area contributed by atoms with Gasteiger partial charge in [-0.3, -0.25) is 9.59 Å². The molecule has 1 aromatic rings. The van der Waals surface area contributed by atoms with Gasteiger partial charge >= 0.3 is 0 Å². The van der Waals surface area contributed by atoms with E-state index in [4.69, 9.17) is 0 Å². The van der Waals surface area contributed by atoms with E-state index in [-0.39, 0.29) is 17.7 Å². The van der Waals surface area contributed by atoms with Crippen molar-refractivity contribution in [2.45, 2.75) is 33.1 Å². The molecule has 4 heteroatoms. The number of rotatable bonds is 6. The van der Waals surface area contributed by atoms with Crippen molar-refractivity contribution in [1.29, 1.82) is 0 Å². The van der Waals surface area contributed by atoms with Crippen LogP contribution in [0.3, 0.4) is 0 Å². The molecule has 1 aromatic carbocycles. The van der Waals surface area contributed by atoms with Gasteiger partial charge in [-0.1, -0.05) is 31.5 Å². The molecule has 1 saturated heterocycles. The number of benzene rings is 1. The van der Waals surface area contributed by atoms with Crippen molar-refractivity contribution in [2.75, 3.05) is 24.5 Å². The summed E-state index contributed by atoms with van der Waals surface area (Å²) in [6, 6.07) is 9.59. The van der Waals surface area contributed by atoms with Gasteiger partial charge in [-0.15, -0.1) is 0 Å². The van der Waals surface area contributed by atoms with Gasteiger partial charge in [-0.25, -0.2) is 0 Å². The molecule has 21 heavy (non-hydrogen) atoms. The molecular formula is C17H24N2O2. The number of anilines is 1. The van der Waals surface area contributed by atoms with Crippen molar-refractivity contribution >= 4 is 17.5 Å². The molecule has 114 valence electrons. The minimum Gasteiger partial charge on any atom is -0.343 e. The van der Waals surface area contributed by atoms with Gasteiger partial charge in [-0.05, 0) is 25.5 Å². The van der Waals surface area contributed by atoms with Gasteiger partial charge in [0.2, 0.25) is 11.8 Å². The fraction of sp³-hybridized carbons (Fsp3) is 0.529. The van der Waals surface area contributed by atoms with E-state index in [9.17, 15) is 9.59 Å². The van der Waals surface area contributed by atoms with Gasteiger partial charge in [0, 0.05) is 31.7 Å². The van der Waals surface area contributed by atoms with Crippen LogP contribution in [0.1, 0.15) is 33.1 Å². The summed E-state index contributed by atoms with van der Waals surface area (Å²) < 4.78 is 0. The fourth-order valence-corrected chi connectivity index (χ4v) is 2.76. The molecule has 0 saturated carbocycles. The number of hydrogen-bond acceptors (Lipinski definition) is 2. The van der Waals surface area contributed by atoms with E-state index in [1.54, 1.807) is 4.90 Å². The first kappa shape index (κ1) is 15.5. The first-order valence-corrected chi connectivity index (χ1v) is 7.81. The summed E-state index contributed by atoms with van der Waals surface area (Å²) in [7, 11) is 0. The molecule has 4 nitrogen and oxygen atoms in total. The Kier molecular flexibility index (Phi) is 5.37. The van der Waals surface area contributed by atoms with E-state index in [0.29, 0.717) is 13.0 Å². The molecular weight excluding hydrogens is 264 g/mol. The number of unbranched alkanes of at least 4 members (excludes halogenated alkanes) is 1. The summed E-state index contributed by atoms with van der Waals surface area (Å²) in [4.78, 5) is 28.3. The zero-order chi connectivity index (χ0) is 15.2. The van der Waals surface area contributed by atoms with Crippen LogP contribution in [0.2, 0.25) is 0 Å². The molecule has 1 fully saturated rings. The van der Waals surface area contributed by atoms with Crippen molar-refractivity contribution in [3.05, 3.63) is 30.3 Å². The van der Waals surface area contributed by atoms with Crippen LogP contribution in [0.25, 0.3) is 0 Å². The van der Waals surface area contributed by atoms with Gasteiger partial charge in [0.15, 0.2) is 0 Å². The Hall–Kier alpha value is -1.84. The summed E-state index contributed by atoms with van der Waals surface area (Å²) in [5.41, 5.74) is 0.884. The van der Waals surface area contributed by atoms with Crippen molar-refractivity contribution < 1.29 is 9.59 Å². The van der Waals surface area contributed by atoms with Crippen LogP contribution in [0, 0.1) is 5.92 Å². The standard InChI is InChI=1S/C17H24N2O2/c1-3-5-11-18(4-2)17(21)14-12-16(20)19(13-14)15-9-7-6-8-10-15/h6-10,14H,3-5,11-13H2,1-2H3/t14-/m1/s1. The van der Waals surface area contributed by atoms with Crippen molar-refractivity contribution in [2.24, 2.45) is 5.92 Å². The third-order valence-electron chi connectivity index (χ3n) is 4.02. The van der Waals surface area contributed by atoms with Crippen LogP contribution in [-0.4, -0.2) is 36.3 Å². The first-order chi connectivity index (χ1) is 10.2. The van der Waals surface area contributed by atoms with Gasteiger partial charge in [0.1, 0.15) is 0 Å². The molecule has 1 atom stereocenters. The summed E-state index contributed by atoms with van der Waals surface area (Å²) >= 11 is 0. The number of nitrogens with zero attached hydrogens (tertiary/aromatic N) is 2. The van der Waals surface area contributed by atoms with E-state index in [0.717, 1.165) is 31.6 Å². The molecule has 1 aliphatic rings. The summed E-state index contributed by atoms with van der Waals surface area (Å²) in [6.45, 7) is 6.13. The zero-order valence-corrected chi connectivity index (χ0v) is 12.9. The van der Waals surface area contributed by atoms with Crippen LogP contribution in [-0.2, 0) is 9.59 Å². The second-order valence-corrected chi connectivity index (χ2v) is 5.51. The molecule has 0 aliphatic carbocycles. The minimum absolute atomic E-state index is 0.0473. The van der Waals surface area contributed by atoms with E-state index < -0.39 is 0 Å². The largest absolute Gasteiger partial charge is 0.343 e. The highest BCUT2D eigenvalue weighted by atomic mass is 16.2. The van der Waals surface area contributed by atoms with Gasteiger partial charge in [0.25, 0.3) is 0 Å². The second kappa shape index (κ2) is 7.25. The Balaban J connectivity index is 2.03. The zero-order valence-electron chi connectivity index (χ0n) is 12.9. The smallest absolute Gasteiger partial charge is 0.228 e. The monoisotopic (exact) mass is 288 g/mol. The molecule has 1 aliphatic heterocycles. The van der Waals surface area contributed by atoms with E-state index in [1.165, 1.54) is 0 Å². The predicted molar refractivity (Wildman–Crippen MR) is 84.1 cm³/mol. The Bertz CT molecular complexity index is 487. The molecule has 0 N–H and O–H groups in total. The number of para-hydroxylation sites is 1. The molecule has 0 radical (unpaired) electrons. The lowest BCUT2D eigenvalue weighted by Crippen LogP contribution is -2.38. The molecule has 2 amide bonds. The Morgan fingerprint density at radius 1 is 1.29 bits per heavy atom. The topological polar surface area (TPSA) is 40.6 Å². The maximum atomic E-state index is 12.6. The number of carbonyl (C=O) groups is 2. The average Bonchev–Trinajstić information content (AvgIpc) is 2.90. The van der Waals surface area contributed by atoms with Crippen molar-refractivity contribution in [3.8, 4) is 0 Å². The lowest BCUT2D eigenvalue weighted by molar-refractivity contribution is -0.135. The van der Waals surface area contributed by atoms with E-state index >= 15 is 0 Å². The van der Waals surface area contributed by atoms with Crippen LogP contribution in [0.15, 0.2) is 30.3 Å². The van der Waals surface area contributed by atoms with E-state index in [2.05, 4.69) is 6.92 Å². The number of carbonyl (C=O) groups excluding carboxylic acids is 2. The summed E-state index contributed by atoms with van der Waals surface area (Å²) in [6.07, 6.45) is 2.42. The predicted octanol–water partition coefficient (Wildman–Crippen LogP) is 2.69. The third kappa shape index (κ3) is 3.63. The van der Waals surface area contributed by atoms with Gasteiger partial charge < -0.3 is 9.80 Å². The van der Waals surface area contributed by atoms with Crippen LogP contribution in [0.5, 0.6) is 0 Å². The number of amides is 2. The SMILES string of the molecule is CCCCN(CC)C(=O)[C@@H]1CC(=O)N(c2ccccc2)C1. The van der Waals surface area contributed by atoms with E-state index in [1.807, 2.05) is 42.2 Å². The molecule has 0 unspecified atom stereocenters. The Morgan fingerprint density at radius 3 is 2.62 bits per heavy atom. The minimum atomic E-state index is -0.200. The van der Waals surface area contributed by atoms with Crippen molar-refractivity contribution in [3.63, 3.8) is 0 Å². The summed E-state index contributed by atoms with van der Waals surface area (Å²) in [5, 5.41) is 0. The Labute approximate surface area is 126 Å². The lowest BCUT2D eigenvalue weighted by atomic mass is 10.1. The third-order valence-corrected chi connectivity index (χ3v) is 4.02. The van der Waals surface area contributed by atoms with Gasteiger partial charge in [-0.2, -0.15) is 0 Å². The normalized spacial score (nSPS) is 18.1. The summed E-state index contributed by atoms with van der Waals surface area (Å²) in [5.74, 6) is -0.0293. The van der Waals surface area contributed by atoms with Crippen LogP contribution < -0.4 is 4.90 Å². The van der Waals surface area contributed by atoms with Crippen molar-refractivity contribution in [1.82, 2.24) is 4.90 Å². The highest BCUT2D eigenvalue weighted by molar-refractivity contribution is 6.00.